The minimum Gasteiger partial charge on any atom is -0.272 e. The second-order valence-corrected chi connectivity index (χ2v) is 3.67. The fraction of sp³-hybridized carbons (Fsp3) is 0.222. The maximum Gasteiger partial charge on any atom is 0.253 e. The number of hydrogen-bond donors (Lipinski definition) is 0. The van der Waals surface area contributed by atoms with E-state index in [4.69, 9.17) is 4.84 Å². The van der Waals surface area contributed by atoms with Crippen LogP contribution in [0.1, 0.15) is 6.42 Å². The number of rotatable bonds is 1. The normalized spacial score (nSPS) is 16.7. The molecule has 0 aliphatic carbocycles. The van der Waals surface area contributed by atoms with Gasteiger partial charge in [0.2, 0.25) is 0 Å². The molecule has 0 N–H and O–H groups in total. The first-order valence-corrected chi connectivity index (χ1v) is 4.78. The number of anilines is 1. The maximum atomic E-state index is 11.3. The van der Waals surface area contributed by atoms with E-state index in [-0.39, 0.29) is 5.91 Å². The standard InChI is InChI=1S/C9H8BrNO2/c10-7-2-1-3-8(6-7)11-9(12)4-5-13-11/h1-3,6H,4-5H2. The lowest BCUT2D eigenvalue weighted by molar-refractivity contribution is -0.119. The molecule has 1 heterocycles. The van der Waals surface area contributed by atoms with E-state index < -0.39 is 0 Å². The summed E-state index contributed by atoms with van der Waals surface area (Å²) in [6.07, 6.45) is 0.465. The van der Waals surface area contributed by atoms with Crippen LogP contribution in [-0.4, -0.2) is 12.5 Å². The van der Waals surface area contributed by atoms with Crippen LogP contribution in [0.3, 0.4) is 0 Å². The van der Waals surface area contributed by atoms with Crippen LogP contribution in [0.5, 0.6) is 0 Å². The summed E-state index contributed by atoms with van der Waals surface area (Å²) >= 11 is 3.34. The average molecular weight is 242 g/mol. The third-order valence-electron chi connectivity index (χ3n) is 1.81. The number of carbonyl (C=O) groups excluding carboxylic acids is 1. The third kappa shape index (κ3) is 1.73. The Labute approximate surface area is 84.4 Å². The molecule has 0 saturated carbocycles. The summed E-state index contributed by atoms with van der Waals surface area (Å²) in [6.45, 7) is 0.478. The highest BCUT2D eigenvalue weighted by Gasteiger charge is 2.22. The van der Waals surface area contributed by atoms with Gasteiger partial charge in [0, 0.05) is 4.47 Å². The van der Waals surface area contributed by atoms with Crippen LogP contribution < -0.4 is 5.06 Å². The zero-order chi connectivity index (χ0) is 9.26. The molecule has 1 saturated heterocycles. The first kappa shape index (κ1) is 8.72. The summed E-state index contributed by atoms with van der Waals surface area (Å²) in [5.74, 6) is 0.0121. The topological polar surface area (TPSA) is 29.5 Å². The average Bonchev–Trinajstić information content (AvgIpc) is 2.51. The van der Waals surface area contributed by atoms with E-state index in [1.54, 1.807) is 0 Å². The van der Waals surface area contributed by atoms with Gasteiger partial charge in [-0.15, -0.1) is 0 Å². The summed E-state index contributed by atoms with van der Waals surface area (Å²) in [5, 5.41) is 1.34. The summed E-state index contributed by atoms with van der Waals surface area (Å²) in [6, 6.07) is 7.47. The molecule has 0 radical (unpaired) electrons. The van der Waals surface area contributed by atoms with E-state index in [2.05, 4.69) is 15.9 Å². The van der Waals surface area contributed by atoms with Crippen LogP contribution in [-0.2, 0) is 9.63 Å². The van der Waals surface area contributed by atoms with E-state index in [0.717, 1.165) is 10.2 Å². The van der Waals surface area contributed by atoms with Gasteiger partial charge in [0.05, 0.1) is 18.7 Å². The molecule has 0 spiro atoms. The largest absolute Gasteiger partial charge is 0.272 e. The lowest BCUT2D eigenvalue weighted by atomic mass is 10.3. The molecule has 1 aromatic rings. The summed E-state index contributed by atoms with van der Waals surface area (Å²) in [4.78, 5) is 16.4. The van der Waals surface area contributed by atoms with E-state index in [9.17, 15) is 4.79 Å². The Bertz CT molecular complexity index is 340. The van der Waals surface area contributed by atoms with Gasteiger partial charge in [-0.3, -0.25) is 9.63 Å². The lowest BCUT2D eigenvalue weighted by Gasteiger charge is -2.13. The van der Waals surface area contributed by atoms with Crippen LogP contribution in [0.15, 0.2) is 28.7 Å². The number of carbonyl (C=O) groups is 1. The zero-order valence-corrected chi connectivity index (χ0v) is 8.45. The number of benzene rings is 1. The van der Waals surface area contributed by atoms with Gasteiger partial charge < -0.3 is 0 Å². The molecule has 68 valence electrons. The molecule has 0 atom stereocenters. The van der Waals surface area contributed by atoms with Crippen LogP contribution in [0.4, 0.5) is 5.69 Å². The van der Waals surface area contributed by atoms with Gasteiger partial charge in [-0.05, 0) is 18.2 Å². The second kappa shape index (κ2) is 3.47. The number of amides is 1. The molecule has 2 rings (SSSR count). The Hall–Kier alpha value is -0.870. The fourth-order valence-corrected chi connectivity index (χ4v) is 1.61. The molecule has 13 heavy (non-hydrogen) atoms. The van der Waals surface area contributed by atoms with Gasteiger partial charge in [-0.2, -0.15) is 5.06 Å². The molecular formula is C9H8BrNO2. The van der Waals surface area contributed by atoms with E-state index >= 15 is 0 Å². The highest BCUT2D eigenvalue weighted by atomic mass is 79.9. The second-order valence-electron chi connectivity index (χ2n) is 2.75. The molecule has 1 aromatic carbocycles. The Morgan fingerprint density at radius 2 is 2.31 bits per heavy atom. The van der Waals surface area contributed by atoms with Crippen molar-refractivity contribution in [3.8, 4) is 0 Å². The molecule has 1 aliphatic rings. The fourth-order valence-electron chi connectivity index (χ4n) is 1.22. The molecule has 3 nitrogen and oxygen atoms in total. The smallest absolute Gasteiger partial charge is 0.253 e. The highest BCUT2D eigenvalue weighted by molar-refractivity contribution is 9.10. The Morgan fingerprint density at radius 3 is 2.92 bits per heavy atom. The van der Waals surface area contributed by atoms with Crippen molar-refractivity contribution >= 4 is 27.5 Å². The van der Waals surface area contributed by atoms with Crippen molar-refractivity contribution in [3.63, 3.8) is 0 Å². The summed E-state index contributed by atoms with van der Waals surface area (Å²) < 4.78 is 0.938. The van der Waals surface area contributed by atoms with E-state index in [1.807, 2.05) is 24.3 Å². The molecule has 1 amide bonds. The maximum absolute atomic E-state index is 11.3. The minimum absolute atomic E-state index is 0.0121. The SMILES string of the molecule is O=C1CCON1c1cccc(Br)c1. The van der Waals surface area contributed by atoms with Crippen LogP contribution in [0.25, 0.3) is 0 Å². The molecule has 0 bridgehead atoms. The number of nitrogens with zero attached hydrogens (tertiary/aromatic N) is 1. The molecule has 0 unspecified atom stereocenters. The first-order chi connectivity index (χ1) is 6.27. The summed E-state index contributed by atoms with van der Waals surface area (Å²) in [5.41, 5.74) is 0.775. The molecule has 4 heteroatoms. The Morgan fingerprint density at radius 1 is 1.46 bits per heavy atom. The first-order valence-electron chi connectivity index (χ1n) is 3.99. The zero-order valence-electron chi connectivity index (χ0n) is 6.87. The van der Waals surface area contributed by atoms with Gasteiger partial charge in [-0.25, -0.2) is 0 Å². The number of hydroxylamine groups is 1. The molecule has 0 aromatic heterocycles. The van der Waals surface area contributed by atoms with Crippen molar-refractivity contribution in [3.05, 3.63) is 28.7 Å². The number of hydrogen-bond acceptors (Lipinski definition) is 2. The van der Waals surface area contributed by atoms with Crippen molar-refractivity contribution in [1.82, 2.24) is 0 Å². The van der Waals surface area contributed by atoms with Gasteiger partial charge >= 0.3 is 0 Å². The molecule has 1 fully saturated rings. The predicted octanol–water partition coefficient (Wildman–Crippen LogP) is 2.12. The van der Waals surface area contributed by atoms with Gasteiger partial charge in [0.15, 0.2) is 0 Å². The van der Waals surface area contributed by atoms with E-state index in [0.29, 0.717) is 13.0 Å². The lowest BCUT2D eigenvalue weighted by Crippen LogP contribution is -2.21. The van der Waals surface area contributed by atoms with Crippen molar-refractivity contribution in [1.29, 1.82) is 0 Å². The van der Waals surface area contributed by atoms with Crippen LogP contribution >= 0.6 is 15.9 Å². The molecular weight excluding hydrogens is 234 g/mol. The van der Waals surface area contributed by atoms with E-state index in [1.165, 1.54) is 5.06 Å². The monoisotopic (exact) mass is 241 g/mol. The predicted molar refractivity (Wildman–Crippen MR) is 52.2 cm³/mol. The van der Waals surface area contributed by atoms with Crippen LogP contribution in [0, 0.1) is 0 Å². The van der Waals surface area contributed by atoms with Crippen LogP contribution in [0.2, 0.25) is 0 Å². The van der Waals surface area contributed by atoms with Gasteiger partial charge in [-0.1, -0.05) is 22.0 Å². The quantitative estimate of drug-likeness (QED) is 0.754. The molecule has 1 aliphatic heterocycles. The van der Waals surface area contributed by atoms with Crippen molar-refractivity contribution < 1.29 is 9.63 Å². The van der Waals surface area contributed by atoms with Gasteiger partial charge in [0.25, 0.3) is 5.91 Å². The highest BCUT2D eigenvalue weighted by Crippen LogP contribution is 2.23. The number of halogens is 1. The minimum atomic E-state index is 0.0121. The van der Waals surface area contributed by atoms with Gasteiger partial charge in [0.1, 0.15) is 0 Å². The Kier molecular flexibility index (Phi) is 2.33. The Balaban J connectivity index is 2.29. The van der Waals surface area contributed by atoms with Crippen molar-refractivity contribution in [2.45, 2.75) is 6.42 Å². The van der Waals surface area contributed by atoms with Crippen molar-refractivity contribution in [2.75, 3.05) is 11.7 Å². The van der Waals surface area contributed by atoms with Crippen molar-refractivity contribution in [2.24, 2.45) is 0 Å². The summed E-state index contributed by atoms with van der Waals surface area (Å²) in [7, 11) is 0. The third-order valence-corrected chi connectivity index (χ3v) is 2.30.